The zero-order valence-electron chi connectivity index (χ0n) is 12.7. The van der Waals surface area contributed by atoms with Gasteiger partial charge in [-0.15, -0.1) is 0 Å². The molecule has 0 atom stereocenters. The summed E-state index contributed by atoms with van der Waals surface area (Å²) >= 11 is 0. The third-order valence-corrected chi connectivity index (χ3v) is 3.34. The van der Waals surface area contributed by atoms with Crippen molar-refractivity contribution in [2.45, 2.75) is 41.2 Å². The van der Waals surface area contributed by atoms with Crippen molar-refractivity contribution >= 4 is 11.6 Å². The van der Waals surface area contributed by atoms with E-state index in [1.165, 1.54) is 5.56 Å². The van der Waals surface area contributed by atoms with Gasteiger partial charge in [-0.3, -0.25) is 9.48 Å². The summed E-state index contributed by atoms with van der Waals surface area (Å²) in [6.45, 7) is 10.2. The van der Waals surface area contributed by atoms with Crippen LogP contribution in [0, 0.1) is 34.6 Å². The maximum Gasteiger partial charge on any atom is 0.246 e. The molecule has 0 aliphatic heterocycles. The van der Waals surface area contributed by atoms with Crippen molar-refractivity contribution in [2.75, 3.05) is 5.32 Å². The molecule has 1 amide bonds. The van der Waals surface area contributed by atoms with Crippen LogP contribution in [0.3, 0.4) is 0 Å². The zero-order chi connectivity index (χ0) is 14.9. The summed E-state index contributed by atoms with van der Waals surface area (Å²) < 4.78 is 1.73. The first-order valence-electron chi connectivity index (χ1n) is 6.75. The Morgan fingerprint density at radius 1 is 1.10 bits per heavy atom. The molecule has 0 radical (unpaired) electrons. The minimum Gasteiger partial charge on any atom is -0.324 e. The van der Waals surface area contributed by atoms with Crippen LogP contribution < -0.4 is 5.32 Å². The van der Waals surface area contributed by atoms with Crippen LogP contribution in [0.2, 0.25) is 0 Å². The lowest BCUT2D eigenvalue weighted by molar-refractivity contribution is -0.116. The Bertz CT molecular complexity index is 633. The Labute approximate surface area is 119 Å². The highest BCUT2D eigenvalue weighted by Gasteiger charge is 2.10. The second kappa shape index (κ2) is 5.49. The molecule has 1 aromatic heterocycles. The fourth-order valence-electron chi connectivity index (χ4n) is 2.53. The second-order valence-electron chi connectivity index (χ2n) is 5.41. The first kappa shape index (κ1) is 14.3. The topological polar surface area (TPSA) is 46.9 Å². The molecule has 1 N–H and O–H groups in total. The highest BCUT2D eigenvalue weighted by molar-refractivity contribution is 5.92. The van der Waals surface area contributed by atoms with Crippen molar-refractivity contribution in [1.82, 2.24) is 9.78 Å². The molecular weight excluding hydrogens is 250 g/mol. The van der Waals surface area contributed by atoms with Crippen LogP contribution in [-0.2, 0) is 11.3 Å². The van der Waals surface area contributed by atoms with Gasteiger partial charge in [0.05, 0.1) is 5.69 Å². The lowest BCUT2D eigenvalue weighted by Crippen LogP contribution is -2.21. The highest BCUT2D eigenvalue weighted by Crippen LogP contribution is 2.21. The molecule has 4 nitrogen and oxygen atoms in total. The van der Waals surface area contributed by atoms with E-state index >= 15 is 0 Å². The third kappa shape index (κ3) is 3.07. The van der Waals surface area contributed by atoms with Crippen molar-refractivity contribution < 1.29 is 4.79 Å². The predicted octanol–water partition coefficient (Wildman–Crippen LogP) is 3.06. The van der Waals surface area contributed by atoms with Gasteiger partial charge < -0.3 is 5.32 Å². The summed E-state index contributed by atoms with van der Waals surface area (Å²) in [5.74, 6) is -0.0498. The molecular formula is C16H21N3O. The van der Waals surface area contributed by atoms with Crippen LogP contribution in [0.5, 0.6) is 0 Å². The molecule has 20 heavy (non-hydrogen) atoms. The monoisotopic (exact) mass is 271 g/mol. The summed E-state index contributed by atoms with van der Waals surface area (Å²) in [5.41, 5.74) is 6.21. The van der Waals surface area contributed by atoms with Crippen LogP contribution in [0.15, 0.2) is 18.2 Å². The van der Waals surface area contributed by atoms with Crippen LogP contribution in [0.1, 0.15) is 28.1 Å². The summed E-state index contributed by atoms with van der Waals surface area (Å²) in [5, 5.41) is 7.30. The van der Waals surface area contributed by atoms with Gasteiger partial charge in [-0.1, -0.05) is 17.7 Å². The lowest BCUT2D eigenvalue weighted by atomic mass is 10.1. The van der Waals surface area contributed by atoms with Crippen LogP contribution in [0.25, 0.3) is 0 Å². The quantitative estimate of drug-likeness (QED) is 0.932. The number of hydrogen-bond donors (Lipinski definition) is 1. The molecule has 2 rings (SSSR count). The minimum absolute atomic E-state index is 0.0498. The maximum absolute atomic E-state index is 12.2. The maximum atomic E-state index is 12.2. The fraction of sp³-hybridized carbons (Fsp3) is 0.375. The number of anilines is 1. The molecule has 0 aliphatic carbocycles. The van der Waals surface area contributed by atoms with Crippen molar-refractivity contribution in [3.8, 4) is 0 Å². The number of nitrogens with one attached hydrogen (secondary N) is 1. The molecule has 1 heterocycles. The summed E-state index contributed by atoms with van der Waals surface area (Å²) in [6.07, 6.45) is 0. The summed E-state index contributed by atoms with van der Waals surface area (Å²) in [4.78, 5) is 12.2. The number of hydrogen-bond acceptors (Lipinski definition) is 2. The van der Waals surface area contributed by atoms with Crippen molar-refractivity contribution in [1.29, 1.82) is 0 Å². The normalized spacial score (nSPS) is 10.7. The number of nitrogens with zero attached hydrogens (tertiary/aromatic N) is 2. The average Bonchev–Trinajstić information content (AvgIpc) is 2.62. The smallest absolute Gasteiger partial charge is 0.246 e. The molecule has 0 spiro atoms. The zero-order valence-corrected chi connectivity index (χ0v) is 12.7. The van der Waals surface area contributed by atoms with E-state index in [1.807, 2.05) is 33.8 Å². The van der Waals surface area contributed by atoms with E-state index in [4.69, 9.17) is 0 Å². The SMILES string of the molecule is Cc1cc(C)c(NC(=O)Cn2nc(C)cc2C)c(C)c1. The first-order chi connectivity index (χ1) is 9.36. The van der Waals surface area contributed by atoms with E-state index in [1.54, 1.807) is 4.68 Å². The standard InChI is InChI=1S/C16H21N3O/c1-10-6-11(2)16(12(3)7-10)17-15(20)9-19-14(5)8-13(4)18-19/h6-8H,9H2,1-5H3,(H,17,20). The number of aryl methyl sites for hydroxylation is 5. The molecule has 0 aliphatic rings. The molecule has 0 saturated carbocycles. The van der Waals surface area contributed by atoms with Gasteiger partial charge in [-0.2, -0.15) is 5.10 Å². The van der Waals surface area contributed by atoms with Gasteiger partial charge in [0.15, 0.2) is 0 Å². The van der Waals surface area contributed by atoms with E-state index in [9.17, 15) is 4.79 Å². The van der Waals surface area contributed by atoms with E-state index < -0.39 is 0 Å². The van der Waals surface area contributed by atoms with E-state index in [-0.39, 0.29) is 12.5 Å². The Balaban J connectivity index is 2.15. The highest BCUT2D eigenvalue weighted by atomic mass is 16.2. The molecule has 106 valence electrons. The van der Waals surface area contributed by atoms with Gasteiger partial charge in [0, 0.05) is 11.4 Å². The molecule has 0 saturated heterocycles. The molecule has 0 unspecified atom stereocenters. The van der Waals surface area contributed by atoms with E-state index in [0.717, 1.165) is 28.2 Å². The lowest BCUT2D eigenvalue weighted by Gasteiger charge is -2.13. The Morgan fingerprint density at radius 3 is 2.20 bits per heavy atom. The predicted molar refractivity (Wildman–Crippen MR) is 81.0 cm³/mol. The van der Waals surface area contributed by atoms with Crippen LogP contribution in [-0.4, -0.2) is 15.7 Å². The Hall–Kier alpha value is -2.10. The molecule has 0 bridgehead atoms. The van der Waals surface area contributed by atoms with Crippen LogP contribution >= 0.6 is 0 Å². The minimum atomic E-state index is -0.0498. The number of carbonyl (C=O) groups excluding carboxylic acids is 1. The van der Waals surface area contributed by atoms with Crippen molar-refractivity contribution in [3.63, 3.8) is 0 Å². The number of benzene rings is 1. The molecule has 2 aromatic rings. The summed E-state index contributed by atoms with van der Waals surface area (Å²) in [6, 6.07) is 6.12. The average molecular weight is 271 g/mol. The first-order valence-corrected chi connectivity index (χ1v) is 6.75. The van der Waals surface area contributed by atoms with Crippen molar-refractivity contribution in [2.24, 2.45) is 0 Å². The third-order valence-electron chi connectivity index (χ3n) is 3.34. The Kier molecular flexibility index (Phi) is 3.93. The van der Waals surface area contributed by atoms with Crippen LogP contribution in [0.4, 0.5) is 5.69 Å². The van der Waals surface area contributed by atoms with E-state index in [2.05, 4.69) is 29.5 Å². The number of rotatable bonds is 3. The van der Waals surface area contributed by atoms with Gasteiger partial charge in [-0.05, 0) is 51.8 Å². The number of carbonyl (C=O) groups is 1. The van der Waals surface area contributed by atoms with Gasteiger partial charge in [-0.25, -0.2) is 0 Å². The van der Waals surface area contributed by atoms with Gasteiger partial charge >= 0.3 is 0 Å². The molecule has 4 heteroatoms. The van der Waals surface area contributed by atoms with Gasteiger partial charge in [0.1, 0.15) is 6.54 Å². The number of amides is 1. The largest absolute Gasteiger partial charge is 0.324 e. The van der Waals surface area contributed by atoms with E-state index in [0.29, 0.717) is 0 Å². The van der Waals surface area contributed by atoms with Gasteiger partial charge in [0.2, 0.25) is 5.91 Å². The van der Waals surface area contributed by atoms with Gasteiger partial charge in [0.25, 0.3) is 0 Å². The fourth-order valence-corrected chi connectivity index (χ4v) is 2.53. The molecule has 0 fully saturated rings. The summed E-state index contributed by atoms with van der Waals surface area (Å²) in [7, 11) is 0. The number of aromatic nitrogens is 2. The Morgan fingerprint density at radius 2 is 1.70 bits per heavy atom. The molecule has 1 aromatic carbocycles. The van der Waals surface area contributed by atoms with Crippen molar-refractivity contribution in [3.05, 3.63) is 46.3 Å². The second-order valence-corrected chi connectivity index (χ2v) is 5.41.